The summed E-state index contributed by atoms with van der Waals surface area (Å²) in [6, 6.07) is 17.3. The van der Waals surface area contributed by atoms with Crippen molar-refractivity contribution in [3.05, 3.63) is 89.8 Å². The van der Waals surface area contributed by atoms with Gasteiger partial charge >= 0.3 is 6.18 Å². The molecule has 2 amide bonds. The molecular formula is C26H23F3N4O3. The maximum atomic E-state index is 13.5. The number of halogens is 3. The molecule has 2 aromatic carbocycles. The molecule has 4 aromatic rings. The second-order valence-electron chi connectivity index (χ2n) is 7.99. The Hall–Kier alpha value is -4.34. The Morgan fingerprint density at radius 1 is 1.03 bits per heavy atom. The molecule has 0 bridgehead atoms. The van der Waals surface area contributed by atoms with Crippen LogP contribution in [0.2, 0.25) is 0 Å². The molecule has 0 aliphatic heterocycles. The highest BCUT2D eigenvalue weighted by Crippen LogP contribution is 2.34. The largest absolute Gasteiger partial charge is 0.460 e. The number of nitrogens with zero attached hydrogens (tertiary/aromatic N) is 3. The highest BCUT2D eigenvalue weighted by molar-refractivity contribution is 6.02. The van der Waals surface area contributed by atoms with E-state index in [4.69, 9.17) is 4.42 Å². The number of anilines is 1. The SMILES string of the molecule is CCN(CC(=O)Nc1ccccc1C(F)(F)F)C(=O)c1cn(-c2ccccc2)nc1-c1ccc(C)o1. The van der Waals surface area contributed by atoms with Crippen molar-refractivity contribution in [3.8, 4) is 17.1 Å². The van der Waals surface area contributed by atoms with Crippen LogP contribution in [0.4, 0.5) is 18.9 Å². The van der Waals surface area contributed by atoms with Crippen LogP contribution < -0.4 is 5.32 Å². The van der Waals surface area contributed by atoms with Gasteiger partial charge in [0.15, 0.2) is 5.76 Å². The molecular weight excluding hydrogens is 473 g/mol. The minimum Gasteiger partial charge on any atom is -0.460 e. The quantitative estimate of drug-likeness (QED) is 0.363. The van der Waals surface area contributed by atoms with Crippen molar-refractivity contribution in [1.29, 1.82) is 0 Å². The van der Waals surface area contributed by atoms with E-state index in [-0.39, 0.29) is 17.8 Å². The third kappa shape index (κ3) is 5.32. The molecule has 0 unspecified atom stereocenters. The molecule has 0 aliphatic carbocycles. The number of aromatic nitrogens is 2. The first-order chi connectivity index (χ1) is 17.2. The fourth-order valence-corrected chi connectivity index (χ4v) is 3.69. The Labute approximate surface area is 205 Å². The molecule has 0 saturated carbocycles. The minimum atomic E-state index is -4.63. The Morgan fingerprint density at radius 2 is 1.72 bits per heavy atom. The average molecular weight is 496 g/mol. The van der Waals surface area contributed by atoms with E-state index in [9.17, 15) is 22.8 Å². The van der Waals surface area contributed by atoms with Gasteiger partial charge in [-0.25, -0.2) is 4.68 Å². The van der Waals surface area contributed by atoms with E-state index >= 15 is 0 Å². The number of hydrogen-bond acceptors (Lipinski definition) is 4. The molecule has 36 heavy (non-hydrogen) atoms. The van der Waals surface area contributed by atoms with E-state index < -0.39 is 30.1 Å². The summed E-state index contributed by atoms with van der Waals surface area (Å²) in [5, 5.41) is 6.81. The van der Waals surface area contributed by atoms with Crippen LogP contribution in [-0.4, -0.2) is 39.6 Å². The summed E-state index contributed by atoms with van der Waals surface area (Å²) in [4.78, 5) is 27.4. The summed E-state index contributed by atoms with van der Waals surface area (Å²) >= 11 is 0. The lowest BCUT2D eigenvalue weighted by atomic mass is 10.1. The van der Waals surface area contributed by atoms with E-state index in [1.54, 1.807) is 32.2 Å². The predicted octanol–water partition coefficient (Wildman–Crippen LogP) is 5.56. The third-order valence-corrected chi connectivity index (χ3v) is 5.45. The molecule has 0 aliphatic rings. The van der Waals surface area contributed by atoms with Crippen molar-refractivity contribution in [2.45, 2.75) is 20.0 Å². The number of furan rings is 1. The van der Waals surface area contributed by atoms with Crippen LogP contribution >= 0.6 is 0 Å². The van der Waals surface area contributed by atoms with Gasteiger partial charge < -0.3 is 14.6 Å². The van der Waals surface area contributed by atoms with Crippen molar-refractivity contribution in [2.24, 2.45) is 0 Å². The fourth-order valence-electron chi connectivity index (χ4n) is 3.69. The zero-order valence-electron chi connectivity index (χ0n) is 19.5. The summed E-state index contributed by atoms with van der Waals surface area (Å²) in [5.41, 5.74) is -0.142. The van der Waals surface area contributed by atoms with Gasteiger partial charge in [0.25, 0.3) is 5.91 Å². The Kier molecular flexibility index (Phi) is 6.96. The number of nitrogens with one attached hydrogen (secondary N) is 1. The summed E-state index contributed by atoms with van der Waals surface area (Å²) in [7, 11) is 0. The zero-order chi connectivity index (χ0) is 25.9. The molecule has 0 saturated heterocycles. The molecule has 4 rings (SSSR count). The van der Waals surface area contributed by atoms with Gasteiger partial charge in [-0.1, -0.05) is 30.3 Å². The predicted molar refractivity (Wildman–Crippen MR) is 128 cm³/mol. The molecule has 2 aromatic heterocycles. The molecule has 186 valence electrons. The molecule has 7 nitrogen and oxygen atoms in total. The molecule has 0 atom stereocenters. The number of para-hydroxylation sites is 2. The van der Waals surface area contributed by atoms with Crippen molar-refractivity contribution in [1.82, 2.24) is 14.7 Å². The van der Waals surface area contributed by atoms with E-state index in [2.05, 4.69) is 10.4 Å². The standard InChI is InChI=1S/C26H23F3N4O3/c1-3-32(16-23(34)30-21-12-8-7-11-20(21)26(27,28)29)25(35)19-15-33(18-9-5-4-6-10-18)31-24(19)22-14-13-17(2)36-22/h4-15H,3,16H2,1-2H3,(H,30,34). The lowest BCUT2D eigenvalue weighted by Crippen LogP contribution is -2.38. The first-order valence-corrected chi connectivity index (χ1v) is 11.1. The summed E-state index contributed by atoms with van der Waals surface area (Å²) in [6.45, 7) is 3.13. The van der Waals surface area contributed by atoms with E-state index in [0.717, 1.165) is 6.07 Å². The number of hydrogen-bond donors (Lipinski definition) is 1. The highest BCUT2D eigenvalue weighted by Gasteiger charge is 2.34. The summed E-state index contributed by atoms with van der Waals surface area (Å²) in [6.07, 6.45) is -3.09. The van der Waals surface area contributed by atoms with E-state index in [0.29, 0.717) is 22.9 Å². The van der Waals surface area contributed by atoms with Gasteiger partial charge in [-0.15, -0.1) is 0 Å². The van der Waals surface area contributed by atoms with Crippen molar-refractivity contribution in [3.63, 3.8) is 0 Å². The van der Waals surface area contributed by atoms with Gasteiger partial charge in [0.1, 0.15) is 18.0 Å². The van der Waals surface area contributed by atoms with Gasteiger partial charge in [0, 0.05) is 12.7 Å². The number of alkyl halides is 3. The number of carbonyl (C=O) groups excluding carboxylic acids is 2. The van der Waals surface area contributed by atoms with Crippen LogP contribution in [0, 0.1) is 6.92 Å². The van der Waals surface area contributed by atoms with Gasteiger partial charge in [-0.3, -0.25) is 9.59 Å². The Balaban J connectivity index is 1.62. The normalized spacial score (nSPS) is 11.4. The lowest BCUT2D eigenvalue weighted by molar-refractivity contribution is -0.137. The van der Waals surface area contributed by atoms with Crippen LogP contribution in [-0.2, 0) is 11.0 Å². The zero-order valence-corrected chi connectivity index (χ0v) is 19.5. The molecule has 0 spiro atoms. The molecule has 2 heterocycles. The van der Waals surface area contributed by atoms with Crippen molar-refractivity contribution >= 4 is 17.5 Å². The van der Waals surface area contributed by atoms with E-state index in [1.807, 2.05) is 30.3 Å². The number of likely N-dealkylation sites (N-methyl/N-ethyl adjacent to an activating group) is 1. The monoisotopic (exact) mass is 496 g/mol. The van der Waals surface area contributed by atoms with Crippen LogP contribution in [0.15, 0.2) is 77.3 Å². The molecule has 10 heteroatoms. The first kappa shape index (κ1) is 24.8. The summed E-state index contributed by atoms with van der Waals surface area (Å²) < 4.78 is 47.1. The number of carbonyl (C=O) groups is 2. The maximum Gasteiger partial charge on any atom is 0.418 e. The van der Waals surface area contributed by atoms with Crippen LogP contribution in [0.25, 0.3) is 17.1 Å². The lowest BCUT2D eigenvalue weighted by Gasteiger charge is -2.21. The summed E-state index contributed by atoms with van der Waals surface area (Å²) in [5.74, 6) is -0.256. The van der Waals surface area contributed by atoms with Gasteiger partial charge in [0.2, 0.25) is 5.91 Å². The maximum absolute atomic E-state index is 13.5. The number of aryl methyl sites for hydroxylation is 1. The van der Waals surface area contributed by atoms with Crippen LogP contribution in [0.3, 0.4) is 0 Å². The molecule has 1 N–H and O–H groups in total. The Bertz CT molecular complexity index is 1380. The van der Waals surface area contributed by atoms with Gasteiger partial charge in [-0.05, 0) is 50.2 Å². The van der Waals surface area contributed by atoms with Crippen molar-refractivity contribution in [2.75, 3.05) is 18.4 Å². The van der Waals surface area contributed by atoms with Gasteiger partial charge in [0.05, 0.1) is 22.5 Å². The average Bonchev–Trinajstić information content (AvgIpc) is 3.49. The molecule has 0 fully saturated rings. The van der Waals surface area contributed by atoms with Crippen molar-refractivity contribution < 1.29 is 27.2 Å². The molecule has 0 radical (unpaired) electrons. The minimum absolute atomic E-state index is 0.139. The number of rotatable bonds is 7. The van der Waals surface area contributed by atoms with E-state index in [1.165, 1.54) is 27.8 Å². The third-order valence-electron chi connectivity index (χ3n) is 5.45. The van der Waals surface area contributed by atoms with Crippen LogP contribution in [0.1, 0.15) is 28.6 Å². The number of amides is 2. The smallest absolute Gasteiger partial charge is 0.418 e. The highest BCUT2D eigenvalue weighted by atomic mass is 19.4. The van der Waals surface area contributed by atoms with Gasteiger partial charge in [-0.2, -0.15) is 18.3 Å². The Morgan fingerprint density at radius 3 is 2.36 bits per heavy atom. The fraction of sp³-hybridized carbons (Fsp3) is 0.192. The topological polar surface area (TPSA) is 80.4 Å². The van der Waals surface area contributed by atoms with Crippen LogP contribution in [0.5, 0.6) is 0 Å². The first-order valence-electron chi connectivity index (χ1n) is 11.1. The second-order valence-corrected chi connectivity index (χ2v) is 7.99. The number of benzene rings is 2. The second kappa shape index (κ2) is 10.1.